The summed E-state index contributed by atoms with van der Waals surface area (Å²) < 4.78 is 13.7. The van der Waals surface area contributed by atoms with Crippen LogP contribution < -0.4 is 0 Å². The third kappa shape index (κ3) is 2.69. The van der Waals surface area contributed by atoms with Crippen molar-refractivity contribution in [3.05, 3.63) is 68.4 Å². The zero-order valence-corrected chi connectivity index (χ0v) is 13.0. The van der Waals surface area contributed by atoms with Gasteiger partial charge in [0.2, 0.25) is 0 Å². The van der Waals surface area contributed by atoms with Crippen LogP contribution in [0, 0.1) is 19.7 Å². The maximum absolute atomic E-state index is 13.7. The Morgan fingerprint density at radius 2 is 1.65 bits per heavy atom. The lowest BCUT2D eigenvalue weighted by molar-refractivity contribution is 0.101. The normalized spacial score (nSPS) is 14.2. The molecule has 1 unspecified atom stereocenters. The molecule has 0 spiro atoms. The summed E-state index contributed by atoms with van der Waals surface area (Å²) in [5, 5.41) is 11.0. The van der Waals surface area contributed by atoms with Gasteiger partial charge in [0.1, 0.15) is 11.4 Å². The van der Waals surface area contributed by atoms with Crippen LogP contribution in [0.15, 0.2) is 30.3 Å². The second-order valence-corrected chi connectivity index (χ2v) is 5.95. The Hall–Kier alpha value is -1.09. The van der Waals surface area contributed by atoms with E-state index in [4.69, 9.17) is 23.2 Å². The molecule has 106 valence electrons. The lowest BCUT2D eigenvalue weighted by Crippen LogP contribution is -2.24. The lowest BCUT2D eigenvalue weighted by Gasteiger charge is -2.27. The molecule has 2 rings (SSSR count). The fraction of sp³-hybridized carbons (Fsp3) is 0.250. The van der Waals surface area contributed by atoms with Gasteiger partial charge in [0.15, 0.2) is 0 Å². The molecule has 1 nitrogen and oxygen atoms in total. The Balaban J connectivity index is 2.63. The topological polar surface area (TPSA) is 20.2 Å². The number of benzene rings is 2. The highest BCUT2D eigenvalue weighted by atomic mass is 35.5. The molecule has 2 aromatic rings. The standard InChI is InChI=1S/C16H15Cl2FO/c1-9-4-5-11(10(2)6-9)16(3,20)12-7-15(19)14(18)8-13(12)17/h4-8,20H,1-3H3. The van der Waals surface area contributed by atoms with E-state index in [0.717, 1.165) is 11.1 Å². The zero-order chi connectivity index (χ0) is 15.1. The summed E-state index contributed by atoms with van der Waals surface area (Å²) in [4.78, 5) is 0. The van der Waals surface area contributed by atoms with Crippen LogP contribution in [-0.2, 0) is 5.60 Å². The highest BCUT2D eigenvalue weighted by Crippen LogP contribution is 2.37. The predicted molar refractivity (Wildman–Crippen MR) is 81.0 cm³/mol. The van der Waals surface area contributed by atoms with Gasteiger partial charge in [0.25, 0.3) is 0 Å². The van der Waals surface area contributed by atoms with E-state index in [1.54, 1.807) is 6.92 Å². The van der Waals surface area contributed by atoms with Crippen LogP contribution in [0.25, 0.3) is 0 Å². The fourth-order valence-electron chi connectivity index (χ4n) is 2.40. The Labute approximate surface area is 128 Å². The molecule has 0 aliphatic rings. The van der Waals surface area contributed by atoms with Gasteiger partial charge in [-0.05, 0) is 44.0 Å². The Morgan fingerprint density at radius 3 is 2.25 bits per heavy atom. The number of hydrogen-bond donors (Lipinski definition) is 1. The van der Waals surface area contributed by atoms with Crippen molar-refractivity contribution >= 4 is 23.2 Å². The number of hydrogen-bond acceptors (Lipinski definition) is 1. The first-order valence-electron chi connectivity index (χ1n) is 6.18. The van der Waals surface area contributed by atoms with Crippen molar-refractivity contribution in [2.24, 2.45) is 0 Å². The largest absolute Gasteiger partial charge is 0.381 e. The molecule has 1 N–H and O–H groups in total. The van der Waals surface area contributed by atoms with Gasteiger partial charge < -0.3 is 5.11 Å². The maximum Gasteiger partial charge on any atom is 0.142 e. The third-order valence-corrected chi connectivity index (χ3v) is 4.04. The Morgan fingerprint density at radius 1 is 1.00 bits per heavy atom. The maximum atomic E-state index is 13.7. The molecule has 4 heteroatoms. The molecule has 0 heterocycles. The first-order chi connectivity index (χ1) is 9.23. The predicted octanol–water partition coefficient (Wildman–Crippen LogP) is 5.01. The summed E-state index contributed by atoms with van der Waals surface area (Å²) in [5.74, 6) is -0.601. The van der Waals surface area contributed by atoms with Gasteiger partial charge in [-0.25, -0.2) is 4.39 Å². The van der Waals surface area contributed by atoms with Gasteiger partial charge in [-0.2, -0.15) is 0 Å². The van der Waals surface area contributed by atoms with Gasteiger partial charge in [-0.15, -0.1) is 0 Å². The van der Waals surface area contributed by atoms with Crippen molar-refractivity contribution in [3.63, 3.8) is 0 Å². The lowest BCUT2D eigenvalue weighted by atomic mass is 9.85. The molecule has 0 radical (unpaired) electrons. The molecular formula is C16H15Cl2FO. The Kier molecular flexibility index (Phi) is 4.10. The van der Waals surface area contributed by atoms with Gasteiger partial charge in [0, 0.05) is 10.6 Å². The van der Waals surface area contributed by atoms with Crippen molar-refractivity contribution in [1.82, 2.24) is 0 Å². The van der Waals surface area contributed by atoms with Crippen LogP contribution in [-0.4, -0.2) is 5.11 Å². The summed E-state index contributed by atoms with van der Waals surface area (Å²) in [6, 6.07) is 8.18. The van der Waals surface area contributed by atoms with E-state index in [1.807, 2.05) is 32.0 Å². The van der Waals surface area contributed by atoms with E-state index in [0.29, 0.717) is 11.1 Å². The summed E-state index contributed by atoms with van der Waals surface area (Å²) in [5.41, 5.74) is 1.61. The number of rotatable bonds is 2. The first kappa shape index (κ1) is 15.3. The molecule has 0 aromatic heterocycles. The van der Waals surface area contributed by atoms with Crippen LogP contribution in [0.5, 0.6) is 0 Å². The van der Waals surface area contributed by atoms with Crippen molar-refractivity contribution in [2.75, 3.05) is 0 Å². The van der Waals surface area contributed by atoms with Crippen molar-refractivity contribution in [2.45, 2.75) is 26.4 Å². The molecule has 0 saturated carbocycles. The smallest absolute Gasteiger partial charge is 0.142 e. The van der Waals surface area contributed by atoms with Gasteiger partial charge >= 0.3 is 0 Å². The fourth-order valence-corrected chi connectivity index (χ4v) is 2.97. The van der Waals surface area contributed by atoms with E-state index in [1.165, 1.54) is 12.1 Å². The number of halogens is 3. The van der Waals surface area contributed by atoms with E-state index >= 15 is 0 Å². The number of aryl methyl sites for hydroxylation is 2. The second-order valence-electron chi connectivity index (χ2n) is 5.14. The second kappa shape index (κ2) is 5.36. The molecule has 1 atom stereocenters. The van der Waals surface area contributed by atoms with Crippen LogP contribution in [0.2, 0.25) is 10.0 Å². The average Bonchev–Trinajstić information content (AvgIpc) is 2.33. The van der Waals surface area contributed by atoms with Gasteiger partial charge in [0.05, 0.1) is 5.02 Å². The average molecular weight is 313 g/mol. The van der Waals surface area contributed by atoms with E-state index in [-0.39, 0.29) is 10.0 Å². The van der Waals surface area contributed by atoms with E-state index in [2.05, 4.69) is 0 Å². The molecule has 20 heavy (non-hydrogen) atoms. The molecular weight excluding hydrogens is 298 g/mol. The van der Waals surface area contributed by atoms with E-state index < -0.39 is 11.4 Å². The van der Waals surface area contributed by atoms with E-state index in [9.17, 15) is 9.50 Å². The van der Waals surface area contributed by atoms with Crippen LogP contribution in [0.3, 0.4) is 0 Å². The quantitative estimate of drug-likeness (QED) is 0.773. The van der Waals surface area contributed by atoms with Crippen LogP contribution in [0.4, 0.5) is 4.39 Å². The summed E-state index contributed by atoms with van der Waals surface area (Å²) in [6.07, 6.45) is 0. The minimum Gasteiger partial charge on any atom is -0.381 e. The van der Waals surface area contributed by atoms with Gasteiger partial charge in [-0.3, -0.25) is 0 Å². The molecule has 2 aromatic carbocycles. The summed E-state index contributed by atoms with van der Waals surface area (Å²) >= 11 is 11.8. The molecule has 0 aliphatic carbocycles. The molecule has 0 aliphatic heterocycles. The summed E-state index contributed by atoms with van der Waals surface area (Å²) in [7, 11) is 0. The minimum absolute atomic E-state index is 0.0600. The minimum atomic E-state index is -1.39. The highest BCUT2D eigenvalue weighted by molar-refractivity contribution is 6.35. The van der Waals surface area contributed by atoms with Crippen molar-refractivity contribution in [3.8, 4) is 0 Å². The van der Waals surface area contributed by atoms with Crippen LogP contribution >= 0.6 is 23.2 Å². The molecule has 0 saturated heterocycles. The molecule has 0 fully saturated rings. The molecule has 0 amide bonds. The monoisotopic (exact) mass is 312 g/mol. The van der Waals surface area contributed by atoms with Gasteiger partial charge in [-0.1, -0.05) is 47.0 Å². The van der Waals surface area contributed by atoms with Crippen molar-refractivity contribution in [1.29, 1.82) is 0 Å². The SMILES string of the molecule is Cc1ccc(C(C)(O)c2cc(F)c(Cl)cc2Cl)c(C)c1. The first-order valence-corrected chi connectivity index (χ1v) is 6.94. The van der Waals surface area contributed by atoms with Crippen LogP contribution in [0.1, 0.15) is 29.2 Å². The molecule has 0 bridgehead atoms. The highest BCUT2D eigenvalue weighted by Gasteiger charge is 2.30. The Bertz CT molecular complexity index is 666. The zero-order valence-electron chi connectivity index (χ0n) is 11.5. The third-order valence-electron chi connectivity index (χ3n) is 3.44. The van der Waals surface area contributed by atoms with Crippen molar-refractivity contribution < 1.29 is 9.50 Å². The number of aliphatic hydroxyl groups is 1. The summed E-state index contributed by atoms with van der Waals surface area (Å²) in [6.45, 7) is 5.47.